The van der Waals surface area contributed by atoms with E-state index in [1.807, 2.05) is 60.0 Å². The summed E-state index contributed by atoms with van der Waals surface area (Å²) in [7, 11) is 3.24. The number of hydrogen-bond acceptors (Lipinski definition) is 8. The van der Waals surface area contributed by atoms with Gasteiger partial charge in [-0.25, -0.2) is 9.97 Å². The van der Waals surface area contributed by atoms with Gasteiger partial charge in [-0.15, -0.1) is 23.1 Å². The second-order valence-corrected chi connectivity index (χ2v) is 9.24. The van der Waals surface area contributed by atoms with Gasteiger partial charge in [0.1, 0.15) is 22.6 Å². The van der Waals surface area contributed by atoms with E-state index in [4.69, 9.17) is 9.47 Å². The number of benzene rings is 2. The molecule has 0 aliphatic carbocycles. The summed E-state index contributed by atoms with van der Waals surface area (Å²) in [6.45, 7) is 0. The third kappa shape index (κ3) is 6.18. The van der Waals surface area contributed by atoms with Crippen LogP contribution in [-0.4, -0.2) is 35.8 Å². The minimum atomic E-state index is -0.141. The van der Waals surface area contributed by atoms with Crippen LogP contribution in [0.4, 0.5) is 5.13 Å². The number of pyridine rings is 1. The van der Waals surface area contributed by atoms with Crippen molar-refractivity contribution < 1.29 is 14.3 Å². The van der Waals surface area contributed by atoms with E-state index in [1.165, 1.54) is 23.1 Å². The number of rotatable bonds is 9. The zero-order chi connectivity index (χ0) is 24.6. The maximum absolute atomic E-state index is 12.5. The van der Waals surface area contributed by atoms with Crippen LogP contribution in [0.15, 0.2) is 71.1 Å². The number of nitrogens with zero attached hydrogens (tertiary/aromatic N) is 3. The third-order valence-electron chi connectivity index (χ3n) is 5.07. The Kier molecular flexibility index (Phi) is 7.98. The fourth-order valence-electron chi connectivity index (χ4n) is 3.21. The number of methoxy groups -OCH3 is 2. The molecule has 0 radical (unpaired) electrons. The number of anilines is 1. The van der Waals surface area contributed by atoms with E-state index in [-0.39, 0.29) is 12.3 Å². The average Bonchev–Trinajstić information content (AvgIpc) is 3.37. The summed E-state index contributed by atoms with van der Waals surface area (Å²) in [5.41, 5.74) is 3.90. The standard InChI is InChI=1S/C26H22N4O3S2/c1-32-20-8-3-17(4-9-20)22-12-7-19(15-27)25(28-22)34-14-13-24(31)30-26-29-23(16-35-26)18-5-10-21(33-2)11-6-18/h3-12,16H,13-14H2,1-2H3,(H,29,30,31). The SMILES string of the molecule is COc1ccc(-c2csc(NC(=O)CCSc3nc(-c4ccc(OC)cc4)ccc3C#N)n2)cc1. The molecule has 0 fully saturated rings. The third-order valence-corrected chi connectivity index (χ3v) is 6.82. The van der Waals surface area contributed by atoms with Gasteiger partial charge in [-0.05, 0) is 60.7 Å². The van der Waals surface area contributed by atoms with Gasteiger partial charge in [-0.3, -0.25) is 4.79 Å². The number of nitrogens with one attached hydrogen (secondary N) is 1. The topological polar surface area (TPSA) is 97.1 Å². The summed E-state index contributed by atoms with van der Waals surface area (Å²) >= 11 is 2.76. The van der Waals surface area contributed by atoms with Gasteiger partial charge in [0.05, 0.1) is 31.2 Å². The fraction of sp³-hybridized carbons (Fsp3) is 0.154. The van der Waals surface area contributed by atoms with Crippen LogP contribution < -0.4 is 14.8 Å². The Labute approximate surface area is 211 Å². The van der Waals surface area contributed by atoms with Gasteiger partial charge in [0, 0.05) is 28.7 Å². The van der Waals surface area contributed by atoms with Gasteiger partial charge in [-0.1, -0.05) is 0 Å². The molecule has 0 bridgehead atoms. The molecule has 2 aromatic heterocycles. The van der Waals surface area contributed by atoms with Crippen molar-refractivity contribution in [3.8, 4) is 40.1 Å². The molecule has 0 saturated carbocycles. The van der Waals surface area contributed by atoms with Crippen LogP contribution in [0.5, 0.6) is 11.5 Å². The van der Waals surface area contributed by atoms with Gasteiger partial charge >= 0.3 is 0 Å². The molecule has 0 atom stereocenters. The van der Waals surface area contributed by atoms with E-state index in [0.717, 1.165) is 34.0 Å². The Morgan fingerprint density at radius 2 is 1.57 bits per heavy atom. The molecule has 2 heterocycles. The number of ether oxygens (including phenoxy) is 2. The molecule has 1 amide bonds. The highest BCUT2D eigenvalue weighted by Crippen LogP contribution is 2.28. The summed E-state index contributed by atoms with van der Waals surface area (Å²) < 4.78 is 10.4. The number of amides is 1. The van der Waals surface area contributed by atoms with Crippen molar-refractivity contribution in [3.05, 3.63) is 71.6 Å². The van der Waals surface area contributed by atoms with Crippen molar-refractivity contribution in [3.63, 3.8) is 0 Å². The maximum Gasteiger partial charge on any atom is 0.226 e. The molecule has 0 unspecified atom stereocenters. The zero-order valence-electron chi connectivity index (χ0n) is 19.1. The molecule has 2 aromatic carbocycles. The molecule has 176 valence electrons. The molecule has 0 aliphatic heterocycles. The highest BCUT2D eigenvalue weighted by atomic mass is 32.2. The lowest BCUT2D eigenvalue weighted by atomic mass is 10.1. The van der Waals surface area contributed by atoms with Crippen molar-refractivity contribution in [2.24, 2.45) is 0 Å². The minimum Gasteiger partial charge on any atom is -0.497 e. The lowest BCUT2D eigenvalue weighted by Crippen LogP contribution is -2.12. The molecular weight excluding hydrogens is 480 g/mol. The molecule has 9 heteroatoms. The van der Waals surface area contributed by atoms with Crippen LogP contribution in [0.25, 0.3) is 22.5 Å². The van der Waals surface area contributed by atoms with Crippen LogP contribution in [0.2, 0.25) is 0 Å². The van der Waals surface area contributed by atoms with Gasteiger partial charge in [0.2, 0.25) is 5.91 Å². The summed E-state index contributed by atoms with van der Waals surface area (Å²) in [5, 5.41) is 15.4. The van der Waals surface area contributed by atoms with E-state index >= 15 is 0 Å². The smallest absolute Gasteiger partial charge is 0.226 e. The summed E-state index contributed by atoms with van der Waals surface area (Å²) in [6, 6.07) is 20.9. The first-order chi connectivity index (χ1) is 17.1. The lowest BCUT2D eigenvalue weighted by molar-refractivity contribution is -0.115. The van der Waals surface area contributed by atoms with E-state index in [0.29, 0.717) is 21.5 Å². The quantitative estimate of drug-likeness (QED) is 0.285. The Balaban J connectivity index is 1.35. The molecule has 4 rings (SSSR count). The van der Waals surface area contributed by atoms with Gasteiger partial charge in [0.25, 0.3) is 0 Å². The molecular formula is C26H22N4O3S2. The number of thioether (sulfide) groups is 1. The average molecular weight is 503 g/mol. The van der Waals surface area contributed by atoms with Gasteiger partial charge in [0.15, 0.2) is 5.13 Å². The number of hydrogen-bond donors (Lipinski definition) is 1. The number of nitriles is 1. The lowest BCUT2D eigenvalue weighted by Gasteiger charge is -2.08. The molecule has 35 heavy (non-hydrogen) atoms. The van der Waals surface area contributed by atoms with E-state index in [2.05, 4.69) is 21.4 Å². The molecule has 0 aliphatic rings. The normalized spacial score (nSPS) is 10.4. The van der Waals surface area contributed by atoms with Crippen LogP contribution >= 0.6 is 23.1 Å². The Hall–Kier alpha value is -3.87. The zero-order valence-corrected chi connectivity index (χ0v) is 20.8. The van der Waals surface area contributed by atoms with Crippen molar-refractivity contribution in [2.45, 2.75) is 11.4 Å². The van der Waals surface area contributed by atoms with E-state index in [9.17, 15) is 10.1 Å². The maximum atomic E-state index is 12.5. The van der Waals surface area contributed by atoms with Crippen molar-refractivity contribution in [1.29, 1.82) is 5.26 Å². The second kappa shape index (κ2) is 11.5. The van der Waals surface area contributed by atoms with Crippen molar-refractivity contribution in [2.75, 3.05) is 25.3 Å². The van der Waals surface area contributed by atoms with E-state index in [1.54, 1.807) is 20.3 Å². The number of aromatic nitrogens is 2. The Morgan fingerprint density at radius 3 is 2.17 bits per heavy atom. The summed E-state index contributed by atoms with van der Waals surface area (Å²) in [6.07, 6.45) is 0.265. The second-order valence-electron chi connectivity index (χ2n) is 7.30. The van der Waals surface area contributed by atoms with Crippen LogP contribution in [-0.2, 0) is 4.79 Å². The van der Waals surface area contributed by atoms with Crippen molar-refractivity contribution in [1.82, 2.24) is 9.97 Å². The number of carbonyl (C=O) groups excluding carboxylic acids is 1. The highest BCUT2D eigenvalue weighted by molar-refractivity contribution is 7.99. The predicted octanol–water partition coefficient (Wildman–Crippen LogP) is 5.88. The number of carbonyl (C=O) groups is 1. The minimum absolute atomic E-state index is 0.141. The first-order valence-electron chi connectivity index (χ1n) is 10.7. The van der Waals surface area contributed by atoms with E-state index < -0.39 is 0 Å². The monoisotopic (exact) mass is 502 g/mol. The molecule has 0 spiro atoms. The molecule has 7 nitrogen and oxygen atoms in total. The van der Waals surface area contributed by atoms with Gasteiger partial charge < -0.3 is 14.8 Å². The fourth-order valence-corrected chi connectivity index (χ4v) is 4.85. The Morgan fingerprint density at radius 1 is 0.943 bits per heavy atom. The molecule has 4 aromatic rings. The Bertz CT molecular complexity index is 1350. The first-order valence-corrected chi connectivity index (χ1v) is 12.5. The summed E-state index contributed by atoms with van der Waals surface area (Å²) in [4.78, 5) is 21.6. The first kappa shape index (κ1) is 24.3. The van der Waals surface area contributed by atoms with Gasteiger partial charge in [-0.2, -0.15) is 5.26 Å². The van der Waals surface area contributed by atoms with Crippen LogP contribution in [0, 0.1) is 11.3 Å². The predicted molar refractivity (Wildman–Crippen MR) is 139 cm³/mol. The summed E-state index contributed by atoms with van der Waals surface area (Å²) in [5.74, 6) is 1.88. The van der Waals surface area contributed by atoms with Crippen LogP contribution in [0.1, 0.15) is 12.0 Å². The largest absolute Gasteiger partial charge is 0.497 e. The van der Waals surface area contributed by atoms with Crippen molar-refractivity contribution >= 4 is 34.1 Å². The highest BCUT2D eigenvalue weighted by Gasteiger charge is 2.12. The van der Waals surface area contributed by atoms with Crippen LogP contribution in [0.3, 0.4) is 0 Å². The number of thiazole rings is 1. The molecule has 1 N–H and O–H groups in total. The molecule has 0 saturated heterocycles.